The molecular weight excluding hydrogens is 279 g/mol. The van der Waals surface area contributed by atoms with E-state index >= 15 is 0 Å². The molecule has 21 heavy (non-hydrogen) atoms. The zero-order valence-corrected chi connectivity index (χ0v) is 11.6. The third kappa shape index (κ3) is 2.97. The van der Waals surface area contributed by atoms with Gasteiger partial charge in [0.15, 0.2) is 0 Å². The summed E-state index contributed by atoms with van der Waals surface area (Å²) in [5, 5.41) is 18.7. The molecule has 0 bridgehead atoms. The summed E-state index contributed by atoms with van der Waals surface area (Å²) in [6, 6.07) is 4.09. The quantitative estimate of drug-likeness (QED) is 0.880. The highest BCUT2D eigenvalue weighted by atomic mass is 19.1. The van der Waals surface area contributed by atoms with Crippen molar-refractivity contribution in [2.45, 2.75) is 25.5 Å². The Labute approximate surface area is 121 Å². The number of halogens is 1. The molecule has 1 fully saturated rings. The van der Waals surface area contributed by atoms with Crippen LogP contribution in [0.5, 0.6) is 0 Å². The van der Waals surface area contributed by atoms with Crippen molar-refractivity contribution in [3.8, 4) is 0 Å². The van der Waals surface area contributed by atoms with Gasteiger partial charge in [-0.1, -0.05) is 12.1 Å². The van der Waals surface area contributed by atoms with Gasteiger partial charge in [-0.15, -0.1) is 0 Å². The average Bonchev–Trinajstić information content (AvgIpc) is 2.84. The molecule has 1 heterocycles. The molecule has 7 heteroatoms. The number of aliphatic carboxylic acids is 1. The Morgan fingerprint density at radius 2 is 2.10 bits per heavy atom. The van der Waals surface area contributed by atoms with E-state index in [1.54, 1.807) is 13.0 Å². The summed E-state index contributed by atoms with van der Waals surface area (Å²) in [6.07, 6.45) is -0.898. The van der Waals surface area contributed by atoms with Gasteiger partial charge in [-0.3, -0.25) is 4.90 Å². The second kappa shape index (κ2) is 6.09. The maximum absolute atomic E-state index is 13.8. The lowest BCUT2D eigenvalue weighted by Crippen LogP contribution is -2.48. The second-order valence-corrected chi connectivity index (χ2v) is 4.87. The molecule has 2 atom stereocenters. The number of anilines is 1. The molecule has 0 aromatic heterocycles. The highest BCUT2D eigenvalue weighted by Gasteiger charge is 2.40. The molecule has 1 aromatic carbocycles. The molecule has 2 rings (SSSR count). The van der Waals surface area contributed by atoms with E-state index < -0.39 is 30.0 Å². The fourth-order valence-electron chi connectivity index (χ4n) is 2.49. The van der Waals surface area contributed by atoms with E-state index in [0.29, 0.717) is 0 Å². The molecule has 1 aliphatic rings. The number of urea groups is 1. The summed E-state index contributed by atoms with van der Waals surface area (Å²) < 4.78 is 13.8. The number of nitrogens with zero attached hydrogens (tertiary/aromatic N) is 2. The standard InChI is InChI=1S/C14H17FN2O4/c1-2-16(11-6-4-3-5-10(11)15)14(21)17-8-9(18)7-12(17)13(19)20/h3-6,9,12,18H,2,7-8H2,1H3,(H,19,20)/t9-,12+/m1/s1. The molecule has 0 spiro atoms. The van der Waals surface area contributed by atoms with E-state index in [1.165, 1.54) is 23.1 Å². The number of hydrogen-bond donors (Lipinski definition) is 2. The number of carboxylic acids is 1. The molecule has 6 nitrogen and oxygen atoms in total. The van der Waals surface area contributed by atoms with Crippen molar-refractivity contribution in [1.82, 2.24) is 4.90 Å². The van der Waals surface area contributed by atoms with Crippen molar-refractivity contribution in [2.75, 3.05) is 18.0 Å². The van der Waals surface area contributed by atoms with Crippen LogP contribution in [-0.2, 0) is 4.79 Å². The average molecular weight is 296 g/mol. The third-order valence-electron chi connectivity index (χ3n) is 3.50. The Kier molecular flexibility index (Phi) is 4.42. The second-order valence-electron chi connectivity index (χ2n) is 4.87. The van der Waals surface area contributed by atoms with Crippen molar-refractivity contribution in [3.05, 3.63) is 30.1 Å². The Morgan fingerprint density at radius 1 is 1.43 bits per heavy atom. The van der Waals surface area contributed by atoms with Crippen LogP contribution in [-0.4, -0.2) is 52.3 Å². The minimum absolute atomic E-state index is 0.0180. The van der Waals surface area contributed by atoms with Gasteiger partial charge < -0.3 is 15.1 Å². The Bertz CT molecular complexity index is 552. The normalized spacial score (nSPS) is 21.4. The van der Waals surface area contributed by atoms with Crippen LogP contribution >= 0.6 is 0 Å². The predicted octanol–water partition coefficient (Wildman–Crippen LogP) is 1.29. The van der Waals surface area contributed by atoms with Gasteiger partial charge in [0.25, 0.3) is 0 Å². The smallest absolute Gasteiger partial charge is 0.326 e. The van der Waals surface area contributed by atoms with Crippen LogP contribution in [0.3, 0.4) is 0 Å². The zero-order chi connectivity index (χ0) is 15.6. The van der Waals surface area contributed by atoms with Gasteiger partial charge in [-0.2, -0.15) is 0 Å². The molecule has 0 radical (unpaired) electrons. The molecule has 1 aliphatic heterocycles. The van der Waals surface area contributed by atoms with Gasteiger partial charge in [0.1, 0.15) is 11.9 Å². The first-order valence-electron chi connectivity index (χ1n) is 6.69. The number of aliphatic hydroxyl groups is 1. The predicted molar refractivity (Wildman–Crippen MR) is 73.6 cm³/mol. The Hall–Kier alpha value is -2.15. The minimum atomic E-state index is -1.18. The van der Waals surface area contributed by atoms with Crippen LogP contribution in [0.2, 0.25) is 0 Å². The summed E-state index contributed by atoms with van der Waals surface area (Å²) in [5.74, 6) is -1.73. The molecule has 0 aliphatic carbocycles. The minimum Gasteiger partial charge on any atom is -0.480 e. The Morgan fingerprint density at radius 3 is 2.67 bits per heavy atom. The fraction of sp³-hybridized carbons (Fsp3) is 0.429. The number of aliphatic hydroxyl groups excluding tert-OH is 1. The molecule has 0 saturated carbocycles. The maximum atomic E-state index is 13.8. The van der Waals surface area contributed by atoms with E-state index in [9.17, 15) is 19.1 Å². The van der Waals surface area contributed by atoms with Crippen molar-refractivity contribution in [3.63, 3.8) is 0 Å². The van der Waals surface area contributed by atoms with Crippen LogP contribution in [0, 0.1) is 5.82 Å². The first kappa shape index (κ1) is 15.2. The molecule has 0 unspecified atom stereocenters. The van der Waals surface area contributed by atoms with Gasteiger partial charge in [0.05, 0.1) is 11.8 Å². The summed E-state index contributed by atoms with van der Waals surface area (Å²) in [4.78, 5) is 25.9. The number of amides is 2. The number of para-hydroxylation sites is 1. The maximum Gasteiger partial charge on any atom is 0.326 e. The topological polar surface area (TPSA) is 81.1 Å². The summed E-state index contributed by atoms with van der Waals surface area (Å²) in [6.45, 7) is 1.80. The van der Waals surface area contributed by atoms with E-state index in [-0.39, 0.29) is 25.2 Å². The van der Waals surface area contributed by atoms with Crippen LogP contribution in [0.15, 0.2) is 24.3 Å². The van der Waals surface area contributed by atoms with Gasteiger partial charge >= 0.3 is 12.0 Å². The molecule has 2 amide bonds. The molecular formula is C14H17FN2O4. The van der Waals surface area contributed by atoms with E-state index in [0.717, 1.165) is 4.90 Å². The summed E-state index contributed by atoms with van der Waals surface area (Å²) in [7, 11) is 0. The van der Waals surface area contributed by atoms with Gasteiger partial charge in [0, 0.05) is 19.5 Å². The van der Waals surface area contributed by atoms with Crippen molar-refractivity contribution in [2.24, 2.45) is 0 Å². The van der Waals surface area contributed by atoms with Gasteiger partial charge in [-0.05, 0) is 19.1 Å². The van der Waals surface area contributed by atoms with Crippen molar-refractivity contribution >= 4 is 17.7 Å². The first-order chi connectivity index (χ1) is 9.95. The lowest BCUT2D eigenvalue weighted by Gasteiger charge is -2.29. The van der Waals surface area contributed by atoms with E-state index in [4.69, 9.17) is 5.11 Å². The number of benzene rings is 1. The monoisotopic (exact) mass is 296 g/mol. The molecule has 2 N–H and O–H groups in total. The number of rotatable bonds is 3. The van der Waals surface area contributed by atoms with Crippen LogP contribution in [0.4, 0.5) is 14.9 Å². The van der Waals surface area contributed by atoms with Gasteiger partial charge in [-0.25, -0.2) is 14.0 Å². The van der Waals surface area contributed by atoms with E-state index in [2.05, 4.69) is 0 Å². The lowest BCUT2D eigenvalue weighted by atomic mass is 10.2. The first-order valence-corrected chi connectivity index (χ1v) is 6.69. The number of hydrogen-bond acceptors (Lipinski definition) is 3. The molecule has 1 saturated heterocycles. The van der Waals surface area contributed by atoms with E-state index in [1.807, 2.05) is 0 Å². The highest BCUT2D eigenvalue weighted by Crippen LogP contribution is 2.24. The SMILES string of the molecule is CCN(C(=O)N1C[C@H](O)C[C@H]1C(=O)O)c1ccccc1F. The van der Waals surface area contributed by atoms with Crippen molar-refractivity contribution in [1.29, 1.82) is 0 Å². The van der Waals surface area contributed by atoms with Gasteiger partial charge in [0.2, 0.25) is 0 Å². The number of β-amino-alcohol motifs (C(OH)–C–C–N with tert-alkyl or cyclic N) is 1. The summed E-state index contributed by atoms with van der Waals surface area (Å²) >= 11 is 0. The number of carboxylic acid groups (broad SMARTS) is 1. The number of carbonyl (C=O) groups is 2. The Balaban J connectivity index is 2.28. The van der Waals surface area contributed by atoms with Crippen LogP contribution < -0.4 is 4.90 Å². The molecule has 114 valence electrons. The third-order valence-corrected chi connectivity index (χ3v) is 3.50. The van der Waals surface area contributed by atoms with Crippen molar-refractivity contribution < 1.29 is 24.2 Å². The lowest BCUT2D eigenvalue weighted by molar-refractivity contribution is -0.141. The fourth-order valence-corrected chi connectivity index (χ4v) is 2.49. The van der Waals surface area contributed by atoms with Crippen LogP contribution in [0.1, 0.15) is 13.3 Å². The van der Waals surface area contributed by atoms with Crippen LogP contribution in [0.25, 0.3) is 0 Å². The largest absolute Gasteiger partial charge is 0.480 e. The number of likely N-dealkylation sites (tertiary alicyclic amines) is 1. The molecule has 1 aromatic rings. The highest BCUT2D eigenvalue weighted by molar-refractivity contribution is 5.95. The summed E-state index contributed by atoms with van der Waals surface area (Å²) in [5.41, 5.74) is 0.0931. The zero-order valence-electron chi connectivity index (χ0n) is 11.6. The number of carbonyl (C=O) groups excluding carboxylic acids is 1.